The van der Waals surface area contributed by atoms with E-state index in [2.05, 4.69) is 0 Å². The van der Waals surface area contributed by atoms with Crippen LogP contribution >= 0.6 is 11.6 Å². The molecule has 1 rings (SSSR count). The lowest BCUT2D eigenvalue weighted by molar-refractivity contribution is 0.302. The molecule has 0 spiro atoms. The predicted octanol–water partition coefficient (Wildman–Crippen LogP) is 3.14. The van der Waals surface area contributed by atoms with Crippen molar-refractivity contribution in [3.8, 4) is 5.75 Å². The zero-order chi connectivity index (χ0) is 9.68. The minimum atomic E-state index is -0.311. The van der Waals surface area contributed by atoms with E-state index >= 15 is 0 Å². The van der Waals surface area contributed by atoms with Crippen LogP contribution in [-0.4, -0.2) is 12.5 Å². The fraction of sp³-hybridized carbons (Fsp3) is 0.400. The van der Waals surface area contributed by atoms with Gasteiger partial charge in [0, 0.05) is 5.88 Å². The number of halogens is 2. The monoisotopic (exact) mass is 202 g/mol. The van der Waals surface area contributed by atoms with Crippen molar-refractivity contribution in [1.82, 2.24) is 0 Å². The molecular formula is C10H12ClFO. The minimum absolute atomic E-state index is 0.302. The van der Waals surface area contributed by atoms with Crippen LogP contribution in [0.2, 0.25) is 0 Å². The molecule has 0 aliphatic heterocycles. The molecule has 0 amide bonds. The lowest BCUT2D eigenvalue weighted by Crippen LogP contribution is -1.99. The zero-order valence-corrected chi connectivity index (χ0v) is 8.27. The third kappa shape index (κ3) is 3.23. The maximum absolute atomic E-state index is 13.1. The molecule has 0 radical (unpaired) electrons. The average Bonchev–Trinajstić information content (AvgIpc) is 2.09. The molecule has 1 aromatic carbocycles. The SMILES string of the molecule is Cc1ccc(OCCCCl)c(F)c1. The molecule has 0 aliphatic rings. The number of hydrogen-bond donors (Lipinski definition) is 0. The highest BCUT2D eigenvalue weighted by Gasteiger charge is 2.01. The summed E-state index contributed by atoms with van der Waals surface area (Å²) in [5, 5.41) is 0. The van der Waals surface area contributed by atoms with E-state index in [1.807, 2.05) is 13.0 Å². The van der Waals surface area contributed by atoms with Crippen molar-refractivity contribution >= 4 is 11.6 Å². The summed E-state index contributed by atoms with van der Waals surface area (Å²) < 4.78 is 18.3. The van der Waals surface area contributed by atoms with Crippen molar-refractivity contribution in [3.05, 3.63) is 29.6 Å². The molecule has 1 nitrogen and oxygen atoms in total. The Morgan fingerprint density at radius 2 is 2.23 bits per heavy atom. The van der Waals surface area contributed by atoms with Crippen LogP contribution < -0.4 is 4.74 Å². The van der Waals surface area contributed by atoms with Gasteiger partial charge in [-0.15, -0.1) is 11.6 Å². The third-order valence-electron chi connectivity index (χ3n) is 1.62. The Morgan fingerprint density at radius 1 is 1.46 bits per heavy atom. The smallest absolute Gasteiger partial charge is 0.165 e. The maximum Gasteiger partial charge on any atom is 0.165 e. The maximum atomic E-state index is 13.1. The topological polar surface area (TPSA) is 9.23 Å². The van der Waals surface area contributed by atoms with Gasteiger partial charge in [-0.25, -0.2) is 4.39 Å². The average molecular weight is 203 g/mol. The number of rotatable bonds is 4. The fourth-order valence-electron chi connectivity index (χ4n) is 0.960. The number of hydrogen-bond acceptors (Lipinski definition) is 1. The quantitative estimate of drug-likeness (QED) is 0.539. The standard InChI is InChI=1S/C10H12ClFO/c1-8-3-4-10(9(12)7-8)13-6-2-5-11/h3-4,7H,2,5-6H2,1H3. The fourth-order valence-corrected chi connectivity index (χ4v) is 1.07. The lowest BCUT2D eigenvalue weighted by Gasteiger charge is -2.06. The highest BCUT2D eigenvalue weighted by atomic mass is 35.5. The lowest BCUT2D eigenvalue weighted by atomic mass is 10.2. The first-order valence-electron chi connectivity index (χ1n) is 4.19. The molecule has 3 heteroatoms. The van der Waals surface area contributed by atoms with E-state index in [4.69, 9.17) is 16.3 Å². The molecule has 0 saturated carbocycles. The van der Waals surface area contributed by atoms with Crippen molar-refractivity contribution in [2.75, 3.05) is 12.5 Å². The van der Waals surface area contributed by atoms with Gasteiger partial charge in [0.05, 0.1) is 6.61 Å². The largest absolute Gasteiger partial charge is 0.490 e. The van der Waals surface area contributed by atoms with Crippen molar-refractivity contribution in [2.24, 2.45) is 0 Å². The molecule has 0 saturated heterocycles. The van der Waals surface area contributed by atoms with Crippen LogP contribution in [0.1, 0.15) is 12.0 Å². The Bertz CT molecular complexity index is 276. The number of ether oxygens (including phenoxy) is 1. The Hall–Kier alpha value is -0.760. The molecule has 0 aromatic heterocycles. The van der Waals surface area contributed by atoms with E-state index in [0.717, 1.165) is 12.0 Å². The van der Waals surface area contributed by atoms with Gasteiger partial charge in [0.2, 0.25) is 0 Å². The van der Waals surface area contributed by atoms with E-state index in [1.165, 1.54) is 6.07 Å². The van der Waals surface area contributed by atoms with E-state index in [-0.39, 0.29) is 5.82 Å². The highest BCUT2D eigenvalue weighted by molar-refractivity contribution is 6.17. The molecular weight excluding hydrogens is 191 g/mol. The van der Waals surface area contributed by atoms with Gasteiger partial charge in [-0.1, -0.05) is 6.07 Å². The Labute approximate surface area is 82.5 Å². The second-order valence-corrected chi connectivity index (χ2v) is 3.20. The van der Waals surface area contributed by atoms with Crippen molar-refractivity contribution in [1.29, 1.82) is 0 Å². The Balaban J connectivity index is 2.56. The van der Waals surface area contributed by atoms with Gasteiger partial charge in [-0.2, -0.15) is 0 Å². The number of alkyl halides is 1. The minimum Gasteiger partial charge on any atom is -0.490 e. The van der Waals surface area contributed by atoms with Crippen molar-refractivity contribution < 1.29 is 9.13 Å². The van der Waals surface area contributed by atoms with E-state index in [0.29, 0.717) is 18.2 Å². The highest BCUT2D eigenvalue weighted by Crippen LogP contribution is 2.17. The molecule has 1 aromatic rings. The van der Waals surface area contributed by atoms with Crippen molar-refractivity contribution in [2.45, 2.75) is 13.3 Å². The van der Waals surface area contributed by atoms with Crippen LogP contribution in [0.3, 0.4) is 0 Å². The molecule has 72 valence electrons. The van der Waals surface area contributed by atoms with Crippen LogP contribution in [0.5, 0.6) is 5.75 Å². The van der Waals surface area contributed by atoms with Gasteiger partial charge >= 0.3 is 0 Å². The van der Waals surface area contributed by atoms with Gasteiger partial charge < -0.3 is 4.74 Å². The summed E-state index contributed by atoms with van der Waals surface area (Å²) >= 11 is 5.46. The molecule has 0 N–H and O–H groups in total. The first kappa shape index (κ1) is 10.3. The first-order valence-corrected chi connectivity index (χ1v) is 4.72. The zero-order valence-electron chi connectivity index (χ0n) is 7.52. The van der Waals surface area contributed by atoms with Gasteiger partial charge in [-0.05, 0) is 31.0 Å². The normalized spacial score (nSPS) is 10.1. The summed E-state index contributed by atoms with van der Waals surface area (Å²) in [6.07, 6.45) is 0.731. The summed E-state index contributed by atoms with van der Waals surface area (Å²) in [6, 6.07) is 4.91. The van der Waals surface area contributed by atoms with E-state index in [9.17, 15) is 4.39 Å². The van der Waals surface area contributed by atoms with Crippen LogP contribution in [0.4, 0.5) is 4.39 Å². The molecule has 0 fully saturated rings. The Morgan fingerprint density at radius 3 is 2.85 bits per heavy atom. The molecule has 0 unspecified atom stereocenters. The summed E-state index contributed by atoms with van der Waals surface area (Å²) in [5.41, 5.74) is 0.891. The summed E-state index contributed by atoms with van der Waals surface area (Å²) in [4.78, 5) is 0. The molecule has 0 atom stereocenters. The van der Waals surface area contributed by atoms with Crippen LogP contribution in [0.15, 0.2) is 18.2 Å². The van der Waals surface area contributed by atoms with Crippen LogP contribution in [0, 0.1) is 12.7 Å². The number of aryl methyl sites for hydroxylation is 1. The molecule has 0 bridgehead atoms. The van der Waals surface area contributed by atoms with Crippen molar-refractivity contribution in [3.63, 3.8) is 0 Å². The van der Waals surface area contributed by atoms with Crippen LogP contribution in [0.25, 0.3) is 0 Å². The second-order valence-electron chi connectivity index (χ2n) is 2.82. The molecule has 0 aliphatic carbocycles. The van der Waals surface area contributed by atoms with E-state index in [1.54, 1.807) is 6.07 Å². The molecule has 13 heavy (non-hydrogen) atoms. The summed E-state index contributed by atoms with van der Waals surface area (Å²) in [7, 11) is 0. The van der Waals surface area contributed by atoms with Crippen LogP contribution in [-0.2, 0) is 0 Å². The number of benzene rings is 1. The summed E-state index contributed by atoms with van der Waals surface area (Å²) in [5.74, 6) is 0.526. The van der Waals surface area contributed by atoms with Gasteiger partial charge in [0.15, 0.2) is 11.6 Å². The van der Waals surface area contributed by atoms with E-state index < -0.39 is 0 Å². The Kier molecular flexibility index (Phi) is 4.03. The third-order valence-corrected chi connectivity index (χ3v) is 1.89. The molecule has 0 heterocycles. The van der Waals surface area contributed by atoms with Gasteiger partial charge in [0.25, 0.3) is 0 Å². The first-order chi connectivity index (χ1) is 6.24. The summed E-state index contributed by atoms with van der Waals surface area (Å²) in [6.45, 7) is 2.30. The van der Waals surface area contributed by atoms with Gasteiger partial charge in [-0.3, -0.25) is 0 Å². The predicted molar refractivity (Wildman–Crippen MR) is 52.0 cm³/mol. The second kappa shape index (κ2) is 5.07. The van der Waals surface area contributed by atoms with Gasteiger partial charge in [0.1, 0.15) is 0 Å².